The summed E-state index contributed by atoms with van der Waals surface area (Å²) in [6.07, 6.45) is 6.91. The zero-order valence-corrected chi connectivity index (χ0v) is 9.86. The molecule has 0 aromatic carbocycles. The van der Waals surface area contributed by atoms with Crippen LogP contribution in [-0.4, -0.2) is 30.3 Å². The van der Waals surface area contributed by atoms with Crippen molar-refractivity contribution >= 4 is 17.3 Å². The molecule has 1 aromatic heterocycles. The van der Waals surface area contributed by atoms with Crippen molar-refractivity contribution in [2.75, 3.05) is 18.0 Å². The standard InChI is InChI=1S/C12H15ClN2O/c13-5-9-6-14-4-3-12(9)15-7-10-1-2-11(8-15)16-10/h3-4,6,10-11H,1-2,5,7-8H2. The van der Waals surface area contributed by atoms with Crippen LogP contribution >= 0.6 is 11.6 Å². The van der Waals surface area contributed by atoms with Crippen molar-refractivity contribution in [1.82, 2.24) is 4.98 Å². The van der Waals surface area contributed by atoms with E-state index in [1.54, 1.807) is 0 Å². The molecule has 2 atom stereocenters. The van der Waals surface area contributed by atoms with E-state index >= 15 is 0 Å². The van der Waals surface area contributed by atoms with E-state index in [9.17, 15) is 0 Å². The highest BCUT2D eigenvalue weighted by molar-refractivity contribution is 6.17. The molecule has 2 aliphatic rings. The maximum atomic E-state index is 5.94. The summed E-state index contributed by atoms with van der Waals surface area (Å²) in [4.78, 5) is 6.52. The smallest absolute Gasteiger partial charge is 0.0755 e. The number of hydrogen-bond acceptors (Lipinski definition) is 3. The van der Waals surface area contributed by atoms with Gasteiger partial charge in [0.15, 0.2) is 0 Å². The third-order valence-corrected chi connectivity index (χ3v) is 3.69. The summed E-state index contributed by atoms with van der Waals surface area (Å²) in [6.45, 7) is 1.98. The van der Waals surface area contributed by atoms with Gasteiger partial charge in [0, 0.05) is 36.7 Å². The van der Waals surface area contributed by atoms with Crippen LogP contribution in [0.15, 0.2) is 18.5 Å². The zero-order valence-electron chi connectivity index (χ0n) is 9.10. The Labute approximate surface area is 100 Å². The first kappa shape index (κ1) is 10.4. The molecule has 2 aliphatic heterocycles. The molecule has 2 unspecified atom stereocenters. The Morgan fingerprint density at radius 2 is 2.12 bits per heavy atom. The predicted molar refractivity (Wildman–Crippen MR) is 63.9 cm³/mol. The van der Waals surface area contributed by atoms with Gasteiger partial charge in [-0.15, -0.1) is 11.6 Å². The van der Waals surface area contributed by atoms with Crippen molar-refractivity contribution in [1.29, 1.82) is 0 Å². The van der Waals surface area contributed by atoms with Crippen LogP contribution < -0.4 is 4.90 Å². The Bertz CT molecular complexity index is 373. The summed E-state index contributed by atoms with van der Waals surface area (Å²) >= 11 is 5.94. The first-order valence-electron chi connectivity index (χ1n) is 5.76. The first-order chi connectivity index (χ1) is 7.86. The van der Waals surface area contributed by atoms with Crippen molar-refractivity contribution in [3.05, 3.63) is 24.0 Å². The van der Waals surface area contributed by atoms with Gasteiger partial charge in [-0.05, 0) is 18.9 Å². The van der Waals surface area contributed by atoms with Crippen molar-refractivity contribution in [2.45, 2.75) is 30.9 Å². The fraction of sp³-hybridized carbons (Fsp3) is 0.583. The predicted octanol–water partition coefficient (Wildman–Crippen LogP) is 2.19. The number of alkyl halides is 1. The molecule has 0 spiro atoms. The normalized spacial score (nSPS) is 28.4. The molecule has 3 nitrogen and oxygen atoms in total. The van der Waals surface area contributed by atoms with E-state index in [0.29, 0.717) is 18.1 Å². The molecule has 0 N–H and O–H groups in total. The summed E-state index contributed by atoms with van der Waals surface area (Å²) in [7, 11) is 0. The van der Waals surface area contributed by atoms with Gasteiger partial charge in [0.25, 0.3) is 0 Å². The van der Waals surface area contributed by atoms with Gasteiger partial charge in [0.05, 0.1) is 18.1 Å². The molecule has 2 saturated heterocycles. The number of ether oxygens (including phenoxy) is 1. The number of aromatic nitrogens is 1. The molecular formula is C12H15ClN2O. The fourth-order valence-electron chi connectivity index (χ4n) is 2.64. The van der Waals surface area contributed by atoms with Crippen molar-refractivity contribution in [2.24, 2.45) is 0 Å². The Kier molecular flexibility index (Phi) is 2.74. The molecule has 16 heavy (non-hydrogen) atoms. The molecule has 2 fully saturated rings. The average Bonchev–Trinajstić information content (AvgIpc) is 2.68. The molecule has 3 heterocycles. The molecule has 1 aromatic rings. The average molecular weight is 239 g/mol. The minimum absolute atomic E-state index is 0.412. The number of rotatable bonds is 2. The van der Waals surface area contributed by atoms with Gasteiger partial charge in [-0.3, -0.25) is 4.98 Å². The lowest BCUT2D eigenvalue weighted by molar-refractivity contribution is 0.0304. The molecule has 0 saturated carbocycles. The molecule has 2 bridgehead atoms. The Hall–Kier alpha value is -0.800. The largest absolute Gasteiger partial charge is 0.371 e. The minimum Gasteiger partial charge on any atom is -0.371 e. The van der Waals surface area contributed by atoms with Crippen LogP contribution in [0.2, 0.25) is 0 Å². The van der Waals surface area contributed by atoms with E-state index < -0.39 is 0 Å². The third-order valence-electron chi connectivity index (χ3n) is 3.41. The number of pyridine rings is 1. The fourth-order valence-corrected chi connectivity index (χ4v) is 2.85. The van der Waals surface area contributed by atoms with Crippen LogP contribution in [0.4, 0.5) is 5.69 Å². The summed E-state index contributed by atoms with van der Waals surface area (Å²) < 4.78 is 5.83. The van der Waals surface area contributed by atoms with E-state index in [0.717, 1.165) is 18.7 Å². The highest BCUT2D eigenvalue weighted by Crippen LogP contribution is 2.31. The molecule has 0 aliphatic carbocycles. The Morgan fingerprint density at radius 1 is 1.38 bits per heavy atom. The molecule has 3 rings (SSSR count). The Morgan fingerprint density at radius 3 is 2.81 bits per heavy atom. The molecule has 4 heteroatoms. The van der Waals surface area contributed by atoms with Crippen LogP contribution in [0.3, 0.4) is 0 Å². The second-order valence-corrected chi connectivity index (χ2v) is 4.77. The number of halogens is 1. The second kappa shape index (κ2) is 4.22. The summed E-state index contributed by atoms with van der Waals surface area (Å²) in [5.74, 6) is 0.524. The number of anilines is 1. The third kappa shape index (κ3) is 1.78. The van der Waals surface area contributed by atoms with E-state index in [1.165, 1.54) is 18.5 Å². The quantitative estimate of drug-likeness (QED) is 0.739. The number of nitrogens with zero attached hydrogens (tertiary/aromatic N) is 2. The van der Waals surface area contributed by atoms with Crippen molar-refractivity contribution in [3.8, 4) is 0 Å². The lowest BCUT2D eigenvalue weighted by atomic mass is 10.2. The van der Waals surface area contributed by atoms with Crippen LogP contribution in [0.5, 0.6) is 0 Å². The number of fused-ring (bicyclic) bond motifs is 2. The first-order valence-corrected chi connectivity index (χ1v) is 6.29. The van der Waals surface area contributed by atoms with Gasteiger partial charge in [0.1, 0.15) is 0 Å². The maximum Gasteiger partial charge on any atom is 0.0755 e. The van der Waals surface area contributed by atoms with Gasteiger partial charge in [0.2, 0.25) is 0 Å². The van der Waals surface area contributed by atoms with Crippen LogP contribution in [-0.2, 0) is 10.6 Å². The molecule has 86 valence electrons. The highest BCUT2D eigenvalue weighted by atomic mass is 35.5. The monoisotopic (exact) mass is 238 g/mol. The van der Waals surface area contributed by atoms with Crippen molar-refractivity contribution < 1.29 is 4.74 Å². The van der Waals surface area contributed by atoms with Gasteiger partial charge in [-0.2, -0.15) is 0 Å². The van der Waals surface area contributed by atoms with Crippen LogP contribution in [0, 0.1) is 0 Å². The number of hydrogen-bond donors (Lipinski definition) is 0. The minimum atomic E-state index is 0.412. The topological polar surface area (TPSA) is 25.4 Å². The van der Waals surface area contributed by atoms with Gasteiger partial charge >= 0.3 is 0 Å². The second-order valence-electron chi connectivity index (χ2n) is 4.50. The van der Waals surface area contributed by atoms with Gasteiger partial charge in [-0.25, -0.2) is 0 Å². The lowest BCUT2D eigenvalue weighted by Crippen LogP contribution is -2.43. The van der Waals surface area contributed by atoms with Gasteiger partial charge < -0.3 is 9.64 Å². The lowest BCUT2D eigenvalue weighted by Gasteiger charge is -2.34. The maximum absolute atomic E-state index is 5.94. The van der Waals surface area contributed by atoms with E-state index in [-0.39, 0.29) is 0 Å². The zero-order chi connectivity index (χ0) is 11.0. The summed E-state index contributed by atoms with van der Waals surface area (Å²) in [6, 6.07) is 2.06. The number of morpholine rings is 1. The Balaban J connectivity index is 1.86. The van der Waals surface area contributed by atoms with E-state index in [4.69, 9.17) is 16.3 Å². The van der Waals surface area contributed by atoms with Gasteiger partial charge in [-0.1, -0.05) is 0 Å². The van der Waals surface area contributed by atoms with Crippen molar-refractivity contribution in [3.63, 3.8) is 0 Å². The van der Waals surface area contributed by atoms with E-state index in [1.807, 2.05) is 12.4 Å². The van der Waals surface area contributed by atoms with Crippen LogP contribution in [0.25, 0.3) is 0 Å². The molecule has 0 amide bonds. The molecule has 0 radical (unpaired) electrons. The molecular weight excluding hydrogens is 224 g/mol. The van der Waals surface area contributed by atoms with Crippen LogP contribution in [0.1, 0.15) is 18.4 Å². The summed E-state index contributed by atoms with van der Waals surface area (Å²) in [5, 5.41) is 0. The summed E-state index contributed by atoms with van der Waals surface area (Å²) in [5.41, 5.74) is 2.34. The SMILES string of the molecule is ClCc1cnccc1N1CC2CCC(C1)O2. The van der Waals surface area contributed by atoms with E-state index in [2.05, 4.69) is 16.0 Å². The highest BCUT2D eigenvalue weighted by Gasteiger charge is 2.34.